The van der Waals surface area contributed by atoms with Crippen molar-refractivity contribution in [2.75, 3.05) is 39.3 Å². The number of nitrogens with zero attached hydrogens (tertiary/aromatic N) is 3. The Morgan fingerprint density at radius 2 is 1.39 bits per heavy atom. The molecule has 0 spiro atoms. The van der Waals surface area contributed by atoms with Crippen LogP contribution in [0, 0.1) is 0 Å². The minimum absolute atomic E-state index is 0.0363. The van der Waals surface area contributed by atoms with Crippen molar-refractivity contribution in [3.63, 3.8) is 0 Å². The fraction of sp³-hybridized carbons (Fsp3) is 0.882. The Balaban J connectivity index is 1.45. The van der Waals surface area contributed by atoms with Crippen LogP contribution in [0.4, 0.5) is 0 Å². The van der Waals surface area contributed by atoms with Crippen molar-refractivity contribution < 1.29 is 9.59 Å². The number of hydrogen-bond donors (Lipinski definition) is 1. The Hall–Kier alpha value is -1.14. The number of nitrogens with one attached hydrogen (secondary N) is 1. The quantitative estimate of drug-likeness (QED) is 0.790. The second-order valence-electron chi connectivity index (χ2n) is 7.24. The highest BCUT2D eigenvalue weighted by molar-refractivity contribution is 5.82. The van der Waals surface area contributed by atoms with E-state index >= 15 is 0 Å². The molecule has 0 radical (unpaired) electrons. The van der Waals surface area contributed by atoms with Crippen LogP contribution >= 0.6 is 0 Å². The first kappa shape index (κ1) is 16.7. The summed E-state index contributed by atoms with van der Waals surface area (Å²) in [5.41, 5.74) is 0. The van der Waals surface area contributed by atoms with Crippen LogP contribution < -0.4 is 5.32 Å². The highest BCUT2D eigenvalue weighted by Gasteiger charge is 2.33. The van der Waals surface area contributed by atoms with Gasteiger partial charge in [-0.3, -0.25) is 19.4 Å². The van der Waals surface area contributed by atoms with Crippen LogP contribution in [0.25, 0.3) is 0 Å². The van der Waals surface area contributed by atoms with Crippen molar-refractivity contribution in [3.8, 4) is 0 Å². The van der Waals surface area contributed by atoms with Crippen LogP contribution in [0.5, 0.6) is 0 Å². The van der Waals surface area contributed by atoms with Crippen LogP contribution in [0.1, 0.15) is 39.5 Å². The lowest BCUT2D eigenvalue weighted by Crippen LogP contribution is -2.57. The minimum atomic E-state index is -0.0673. The van der Waals surface area contributed by atoms with Gasteiger partial charge in [0.2, 0.25) is 11.8 Å². The lowest BCUT2D eigenvalue weighted by atomic mass is 10.1. The Kier molecular flexibility index (Phi) is 5.21. The molecule has 2 heterocycles. The number of amides is 2. The van der Waals surface area contributed by atoms with E-state index in [9.17, 15) is 9.59 Å². The van der Waals surface area contributed by atoms with Crippen molar-refractivity contribution in [1.29, 1.82) is 0 Å². The number of hydrogen-bond acceptors (Lipinski definition) is 4. The fourth-order valence-electron chi connectivity index (χ4n) is 3.59. The molecule has 3 aliphatic rings. The van der Waals surface area contributed by atoms with E-state index < -0.39 is 0 Å². The molecule has 2 aliphatic heterocycles. The van der Waals surface area contributed by atoms with Gasteiger partial charge in [-0.2, -0.15) is 0 Å². The van der Waals surface area contributed by atoms with E-state index in [0.29, 0.717) is 6.04 Å². The van der Waals surface area contributed by atoms with Gasteiger partial charge in [-0.15, -0.1) is 0 Å². The minimum Gasteiger partial charge on any atom is -0.352 e. The van der Waals surface area contributed by atoms with Gasteiger partial charge in [-0.25, -0.2) is 0 Å². The van der Waals surface area contributed by atoms with E-state index in [0.717, 1.165) is 65.0 Å². The molecule has 2 atom stereocenters. The van der Waals surface area contributed by atoms with Gasteiger partial charge in [0.25, 0.3) is 0 Å². The lowest BCUT2D eigenvalue weighted by molar-refractivity contribution is -0.137. The van der Waals surface area contributed by atoms with Gasteiger partial charge >= 0.3 is 0 Å². The first-order valence-electron chi connectivity index (χ1n) is 9.13. The van der Waals surface area contributed by atoms with E-state index in [1.165, 1.54) is 0 Å². The first-order chi connectivity index (χ1) is 11.1. The molecular weight excluding hydrogens is 292 g/mol. The van der Waals surface area contributed by atoms with Gasteiger partial charge in [0, 0.05) is 45.3 Å². The molecule has 2 unspecified atom stereocenters. The van der Waals surface area contributed by atoms with Crippen LogP contribution in [0.3, 0.4) is 0 Å². The average molecular weight is 322 g/mol. The predicted octanol–water partition coefficient (Wildman–Crippen LogP) is 0.282. The largest absolute Gasteiger partial charge is 0.352 e. The summed E-state index contributed by atoms with van der Waals surface area (Å²) in [4.78, 5) is 31.2. The van der Waals surface area contributed by atoms with Crippen molar-refractivity contribution in [2.24, 2.45) is 0 Å². The van der Waals surface area contributed by atoms with E-state index in [-0.39, 0.29) is 23.9 Å². The Labute approximate surface area is 139 Å². The molecule has 2 amide bonds. The molecule has 3 rings (SSSR count). The molecular formula is C17H30N4O2. The van der Waals surface area contributed by atoms with Gasteiger partial charge in [0.05, 0.1) is 12.1 Å². The summed E-state index contributed by atoms with van der Waals surface area (Å²) in [6, 6.07) is 0.317. The van der Waals surface area contributed by atoms with Crippen molar-refractivity contribution in [2.45, 2.75) is 57.7 Å². The highest BCUT2D eigenvalue weighted by atomic mass is 16.2. The maximum Gasteiger partial charge on any atom is 0.239 e. The van der Waals surface area contributed by atoms with Crippen molar-refractivity contribution >= 4 is 11.8 Å². The predicted molar refractivity (Wildman–Crippen MR) is 89.0 cm³/mol. The molecule has 0 aromatic rings. The summed E-state index contributed by atoms with van der Waals surface area (Å²) >= 11 is 0. The van der Waals surface area contributed by atoms with E-state index in [1.54, 1.807) is 0 Å². The molecule has 3 fully saturated rings. The zero-order valence-corrected chi connectivity index (χ0v) is 14.5. The van der Waals surface area contributed by atoms with E-state index in [1.807, 2.05) is 18.7 Å². The van der Waals surface area contributed by atoms with Crippen molar-refractivity contribution in [1.82, 2.24) is 20.0 Å². The second-order valence-corrected chi connectivity index (χ2v) is 7.24. The summed E-state index contributed by atoms with van der Waals surface area (Å²) in [6.07, 6.45) is 4.53. The van der Waals surface area contributed by atoms with Gasteiger partial charge in [-0.05, 0) is 39.5 Å². The maximum atomic E-state index is 12.5. The third-order valence-electron chi connectivity index (χ3n) is 5.52. The SMILES string of the molecule is CC(C(=O)NC1CC1)N1CCN(C(C)C(=O)N2CCCC2)CC1. The van der Waals surface area contributed by atoms with Gasteiger partial charge in [-0.1, -0.05) is 0 Å². The molecule has 6 heteroatoms. The van der Waals surface area contributed by atoms with E-state index in [4.69, 9.17) is 0 Å². The molecule has 0 bridgehead atoms. The smallest absolute Gasteiger partial charge is 0.239 e. The third kappa shape index (κ3) is 4.04. The normalized spacial score (nSPS) is 26.1. The van der Waals surface area contributed by atoms with E-state index in [2.05, 4.69) is 15.1 Å². The molecule has 0 aromatic heterocycles. The molecule has 6 nitrogen and oxygen atoms in total. The zero-order chi connectivity index (χ0) is 16.4. The molecule has 2 saturated heterocycles. The highest BCUT2D eigenvalue weighted by Crippen LogP contribution is 2.19. The molecule has 23 heavy (non-hydrogen) atoms. The molecule has 1 N–H and O–H groups in total. The number of likely N-dealkylation sites (tertiary alicyclic amines) is 1. The summed E-state index contributed by atoms with van der Waals surface area (Å²) in [5.74, 6) is 0.428. The van der Waals surface area contributed by atoms with Crippen LogP contribution in [0.15, 0.2) is 0 Å². The molecule has 1 saturated carbocycles. The van der Waals surface area contributed by atoms with Crippen molar-refractivity contribution in [3.05, 3.63) is 0 Å². The van der Waals surface area contributed by atoms with Gasteiger partial charge in [0.15, 0.2) is 0 Å². The third-order valence-corrected chi connectivity index (χ3v) is 5.52. The summed E-state index contributed by atoms with van der Waals surface area (Å²) in [5, 5.41) is 3.09. The van der Waals surface area contributed by atoms with Gasteiger partial charge in [0.1, 0.15) is 0 Å². The Bertz CT molecular complexity index is 438. The first-order valence-corrected chi connectivity index (χ1v) is 9.13. The standard InChI is InChI=1S/C17H30N4O2/c1-13(16(22)18-15-5-6-15)19-9-11-20(12-10-19)14(2)17(23)21-7-3-4-8-21/h13-15H,3-12H2,1-2H3,(H,18,22). The zero-order valence-electron chi connectivity index (χ0n) is 14.5. The lowest BCUT2D eigenvalue weighted by Gasteiger charge is -2.40. The number of carbonyl (C=O) groups is 2. The summed E-state index contributed by atoms with van der Waals surface area (Å²) in [6.45, 7) is 9.30. The molecule has 130 valence electrons. The Morgan fingerprint density at radius 1 is 0.870 bits per heavy atom. The summed E-state index contributed by atoms with van der Waals surface area (Å²) in [7, 11) is 0. The molecule has 0 aromatic carbocycles. The van der Waals surface area contributed by atoms with Gasteiger partial charge < -0.3 is 10.2 Å². The second kappa shape index (κ2) is 7.18. The Morgan fingerprint density at radius 3 is 1.91 bits per heavy atom. The number of piperazine rings is 1. The topological polar surface area (TPSA) is 55.9 Å². The average Bonchev–Trinajstić information content (AvgIpc) is 3.22. The fourth-order valence-corrected chi connectivity index (χ4v) is 3.59. The van der Waals surface area contributed by atoms with Crippen LogP contribution in [0.2, 0.25) is 0 Å². The monoisotopic (exact) mass is 322 g/mol. The number of rotatable bonds is 5. The summed E-state index contributed by atoms with van der Waals surface area (Å²) < 4.78 is 0. The van der Waals surface area contributed by atoms with Crippen LogP contribution in [-0.4, -0.2) is 83.9 Å². The molecule has 1 aliphatic carbocycles. The maximum absolute atomic E-state index is 12.5. The van der Waals surface area contributed by atoms with Crippen LogP contribution in [-0.2, 0) is 9.59 Å². The number of carbonyl (C=O) groups excluding carboxylic acids is 2.